The molecule has 0 fully saturated rings. The summed E-state index contributed by atoms with van der Waals surface area (Å²) in [6.07, 6.45) is 1.59. The van der Waals surface area contributed by atoms with E-state index < -0.39 is 5.82 Å². The summed E-state index contributed by atoms with van der Waals surface area (Å²) in [5.41, 5.74) is 0.814. The molecule has 0 atom stereocenters. The molecule has 0 saturated heterocycles. The molecule has 92 valence electrons. The topological polar surface area (TPSA) is 66.5 Å². The third kappa shape index (κ3) is 2.46. The molecule has 1 N–H and O–H groups in total. The van der Waals surface area contributed by atoms with Crippen molar-refractivity contribution in [3.8, 4) is 6.07 Å². The molecule has 18 heavy (non-hydrogen) atoms. The van der Waals surface area contributed by atoms with Gasteiger partial charge in [-0.1, -0.05) is 11.3 Å². The van der Waals surface area contributed by atoms with Gasteiger partial charge in [0.1, 0.15) is 11.6 Å². The third-order valence-corrected chi connectivity index (χ3v) is 2.56. The first-order valence-corrected chi connectivity index (χ1v) is 5.55. The molecule has 2 aromatic rings. The number of benzene rings is 1. The molecule has 6 heteroatoms. The summed E-state index contributed by atoms with van der Waals surface area (Å²) in [5.74, 6) is 0.346. The zero-order chi connectivity index (χ0) is 13.0. The van der Waals surface area contributed by atoms with Crippen LogP contribution in [0.4, 0.5) is 10.2 Å². The smallest absolute Gasteiger partial charge is 0.145 e. The molecule has 0 radical (unpaired) electrons. The fourth-order valence-corrected chi connectivity index (χ4v) is 1.57. The minimum atomic E-state index is -0.392. The highest BCUT2D eigenvalue weighted by Gasteiger charge is 2.05. The second-order valence-electron chi connectivity index (χ2n) is 3.71. The lowest BCUT2D eigenvalue weighted by Gasteiger charge is -2.07. The fraction of sp³-hybridized carbons (Fsp3) is 0.250. The lowest BCUT2D eigenvalue weighted by molar-refractivity contribution is 0.609. The molecular weight excluding hydrogens is 233 g/mol. The highest BCUT2D eigenvalue weighted by Crippen LogP contribution is 2.12. The van der Waals surface area contributed by atoms with E-state index in [-0.39, 0.29) is 0 Å². The van der Waals surface area contributed by atoms with Crippen LogP contribution in [0.5, 0.6) is 0 Å². The second-order valence-corrected chi connectivity index (χ2v) is 3.71. The first-order chi connectivity index (χ1) is 8.74. The SMILES string of the molecule is CCn1nncc1NCc1ccc(C#N)cc1F. The van der Waals surface area contributed by atoms with Gasteiger partial charge in [-0.3, -0.25) is 0 Å². The molecule has 0 unspecified atom stereocenters. The quantitative estimate of drug-likeness (QED) is 0.893. The van der Waals surface area contributed by atoms with E-state index >= 15 is 0 Å². The number of rotatable bonds is 4. The molecule has 0 amide bonds. The zero-order valence-corrected chi connectivity index (χ0v) is 9.89. The van der Waals surface area contributed by atoms with Gasteiger partial charge in [-0.05, 0) is 19.1 Å². The summed E-state index contributed by atoms with van der Waals surface area (Å²) in [7, 11) is 0. The van der Waals surface area contributed by atoms with Gasteiger partial charge < -0.3 is 5.32 Å². The Labute approximate surface area is 104 Å². The van der Waals surface area contributed by atoms with Gasteiger partial charge in [0.25, 0.3) is 0 Å². The maximum absolute atomic E-state index is 13.6. The average molecular weight is 245 g/mol. The van der Waals surface area contributed by atoms with Gasteiger partial charge in [-0.25, -0.2) is 9.07 Å². The Kier molecular flexibility index (Phi) is 3.53. The number of aryl methyl sites for hydroxylation is 1. The van der Waals surface area contributed by atoms with Crippen LogP contribution in [0.15, 0.2) is 24.4 Å². The van der Waals surface area contributed by atoms with Crippen LogP contribution < -0.4 is 5.32 Å². The van der Waals surface area contributed by atoms with Gasteiger partial charge in [0.05, 0.1) is 17.8 Å². The fourth-order valence-electron chi connectivity index (χ4n) is 1.57. The van der Waals surface area contributed by atoms with Crippen LogP contribution >= 0.6 is 0 Å². The van der Waals surface area contributed by atoms with Gasteiger partial charge in [0.2, 0.25) is 0 Å². The van der Waals surface area contributed by atoms with Crippen molar-refractivity contribution in [2.75, 3.05) is 5.32 Å². The summed E-state index contributed by atoms with van der Waals surface area (Å²) in [5, 5.41) is 19.3. The van der Waals surface area contributed by atoms with Gasteiger partial charge in [-0.2, -0.15) is 5.26 Å². The Hall–Kier alpha value is -2.42. The van der Waals surface area contributed by atoms with Crippen molar-refractivity contribution in [1.82, 2.24) is 15.0 Å². The van der Waals surface area contributed by atoms with E-state index in [1.807, 2.05) is 13.0 Å². The van der Waals surface area contributed by atoms with Crippen molar-refractivity contribution in [3.63, 3.8) is 0 Å². The normalized spacial score (nSPS) is 10.1. The average Bonchev–Trinajstić information content (AvgIpc) is 2.84. The monoisotopic (exact) mass is 245 g/mol. The molecule has 0 aliphatic carbocycles. The standard InChI is InChI=1S/C12H12FN5/c1-2-18-12(8-16-17-18)15-7-10-4-3-9(6-14)5-11(10)13/h3-5,8,15H,2,7H2,1H3. The minimum Gasteiger partial charge on any atom is -0.365 e. The van der Waals surface area contributed by atoms with Crippen LogP contribution in [0.3, 0.4) is 0 Å². The van der Waals surface area contributed by atoms with E-state index in [2.05, 4.69) is 15.6 Å². The molecule has 0 saturated carbocycles. The van der Waals surface area contributed by atoms with Crippen LogP contribution in [-0.2, 0) is 13.1 Å². The molecule has 5 nitrogen and oxygen atoms in total. The predicted octanol–water partition coefficient (Wildman–Crippen LogP) is 1.92. The lowest BCUT2D eigenvalue weighted by atomic mass is 10.1. The number of nitriles is 1. The predicted molar refractivity (Wildman–Crippen MR) is 64.1 cm³/mol. The summed E-state index contributed by atoms with van der Waals surface area (Å²) in [6, 6.07) is 6.32. The highest BCUT2D eigenvalue weighted by atomic mass is 19.1. The Bertz CT molecular complexity index is 584. The first-order valence-electron chi connectivity index (χ1n) is 5.55. The number of anilines is 1. The van der Waals surface area contributed by atoms with Crippen LogP contribution in [-0.4, -0.2) is 15.0 Å². The summed E-state index contributed by atoms with van der Waals surface area (Å²) < 4.78 is 15.3. The highest BCUT2D eigenvalue weighted by molar-refractivity contribution is 5.36. The van der Waals surface area contributed by atoms with Crippen LogP contribution in [0.1, 0.15) is 18.1 Å². The van der Waals surface area contributed by atoms with Gasteiger partial charge in [0, 0.05) is 18.7 Å². The molecule has 1 aromatic carbocycles. The van der Waals surface area contributed by atoms with Crippen molar-refractivity contribution < 1.29 is 4.39 Å². The van der Waals surface area contributed by atoms with Crippen LogP contribution in [0, 0.1) is 17.1 Å². The van der Waals surface area contributed by atoms with Gasteiger partial charge in [-0.15, -0.1) is 5.10 Å². The Morgan fingerprint density at radius 1 is 1.50 bits per heavy atom. The number of aromatic nitrogens is 3. The first kappa shape index (κ1) is 12.0. The van der Waals surface area contributed by atoms with Crippen molar-refractivity contribution in [2.24, 2.45) is 0 Å². The molecule has 0 spiro atoms. The molecule has 0 bridgehead atoms. The van der Waals surface area contributed by atoms with Crippen molar-refractivity contribution in [2.45, 2.75) is 20.0 Å². The van der Waals surface area contributed by atoms with Crippen molar-refractivity contribution >= 4 is 5.82 Å². The van der Waals surface area contributed by atoms with E-state index in [9.17, 15) is 4.39 Å². The number of hydrogen-bond donors (Lipinski definition) is 1. The largest absolute Gasteiger partial charge is 0.365 e. The van der Waals surface area contributed by atoms with Crippen LogP contribution in [0.2, 0.25) is 0 Å². The second kappa shape index (κ2) is 5.27. The van der Waals surface area contributed by atoms with E-state index in [0.717, 1.165) is 5.82 Å². The number of halogens is 1. The lowest BCUT2D eigenvalue weighted by Crippen LogP contribution is -2.08. The summed E-state index contributed by atoms with van der Waals surface area (Å²) in [4.78, 5) is 0. The Morgan fingerprint density at radius 2 is 2.33 bits per heavy atom. The maximum Gasteiger partial charge on any atom is 0.145 e. The zero-order valence-electron chi connectivity index (χ0n) is 9.89. The van der Waals surface area contributed by atoms with E-state index in [1.165, 1.54) is 6.07 Å². The molecule has 0 aliphatic rings. The number of nitrogens with zero attached hydrogens (tertiary/aromatic N) is 4. The minimum absolute atomic E-state index is 0.316. The van der Waals surface area contributed by atoms with Crippen LogP contribution in [0.25, 0.3) is 0 Å². The van der Waals surface area contributed by atoms with Gasteiger partial charge >= 0.3 is 0 Å². The van der Waals surface area contributed by atoms with Gasteiger partial charge in [0.15, 0.2) is 0 Å². The molecule has 1 heterocycles. The molecular formula is C12H12FN5. The van der Waals surface area contributed by atoms with Crippen molar-refractivity contribution in [3.05, 3.63) is 41.3 Å². The Balaban J connectivity index is 2.09. The van der Waals surface area contributed by atoms with Crippen molar-refractivity contribution in [1.29, 1.82) is 5.26 Å². The molecule has 1 aromatic heterocycles. The maximum atomic E-state index is 13.6. The van der Waals surface area contributed by atoms with E-state index in [1.54, 1.807) is 23.0 Å². The Morgan fingerprint density at radius 3 is 3.00 bits per heavy atom. The van der Waals surface area contributed by atoms with E-state index in [4.69, 9.17) is 5.26 Å². The summed E-state index contributed by atoms with van der Waals surface area (Å²) >= 11 is 0. The van der Waals surface area contributed by atoms with E-state index in [0.29, 0.717) is 24.2 Å². The number of nitrogens with one attached hydrogen (secondary N) is 1. The summed E-state index contributed by atoms with van der Waals surface area (Å²) in [6.45, 7) is 2.96. The molecule has 0 aliphatic heterocycles. The number of hydrogen-bond acceptors (Lipinski definition) is 4. The third-order valence-electron chi connectivity index (χ3n) is 2.56. The molecule has 2 rings (SSSR count).